The molecule has 1 aromatic heterocycles. The Morgan fingerprint density at radius 3 is 2.61 bits per heavy atom. The van der Waals surface area contributed by atoms with Crippen molar-refractivity contribution in [2.75, 3.05) is 11.9 Å². The molecule has 102 valence electrons. The van der Waals surface area contributed by atoms with Gasteiger partial charge in [0.2, 0.25) is 5.95 Å². The molecule has 3 nitrogen and oxygen atoms in total. The zero-order valence-electron chi connectivity index (χ0n) is 12.3. The van der Waals surface area contributed by atoms with Gasteiger partial charge in [-0.1, -0.05) is 33.6 Å². The summed E-state index contributed by atoms with van der Waals surface area (Å²) in [4.78, 5) is 4.63. The zero-order valence-corrected chi connectivity index (χ0v) is 12.3. The Bertz CT molecular complexity index is 381. The quantitative estimate of drug-likeness (QED) is 0.868. The van der Waals surface area contributed by atoms with Gasteiger partial charge >= 0.3 is 0 Å². The number of rotatable bonds is 4. The number of hydrogen-bond donors (Lipinski definition) is 1. The van der Waals surface area contributed by atoms with Crippen LogP contribution in [0.4, 0.5) is 5.95 Å². The largest absolute Gasteiger partial charge is 0.356 e. The highest BCUT2D eigenvalue weighted by molar-refractivity contribution is 5.29. The first-order valence-electron chi connectivity index (χ1n) is 7.25. The van der Waals surface area contributed by atoms with E-state index in [9.17, 15) is 0 Å². The molecule has 1 fully saturated rings. The third kappa shape index (κ3) is 3.50. The van der Waals surface area contributed by atoms with Crippen molar-refractivity contribution in [2.24, 2.45) is 5.41 Å². The van der Waals surface area contributed by atoms with Gasteiger partial charge < -0.3 is 9.88 Å². The molecule has 1 heterocycles. The molecule has 0 saturated heterocycles. The summed E-state index contributed by atoms with van der Waals surface area (Å²) in [6, 6.07) is 0.670. The fraction of sp³-hybridized carbons (Fsp3) is 0.800. The van der Waals surface area contributed by atoms with E-state index in [-0.39, 0.29) is 0 Å². The first kappa shape index (κ1) is 13.4. The molecule has 0 aliphatic heterocycles. The number of nitrogens with zero attached hydrogens (tertiary/aromatic N) is 2. The Balaban J connectivity index is 1.98. The molecule has 0 amide bonds. The van der Waals surface area contributed by atoms with E-state index >= 15 is 0 Å². The van der Waals surface area contributed by atoms with E-state index in [2.05, 4.69) is 48.8 Å². The minimum atomic E-state index is 0.382. The van der Waals surface area contributed by atoms with Gasteiger partial charge in [-0.25, -0.2) is 4.98 Å². The molecule has 0 radical (unpaired) electrons. The molecule has 0 atom stereocenters. The molecule has 1 saturated carbocycles. The average molecular weight is 249 g/mol. The predicted molar refractivity (Wildman–Crippen MR) is 77.0 cm³/mol. The van der Waals surface area contributed by atoms with E-state index < -0.39 is 0 Å². The van der Waals surface area contributed by atoms with E-state index in [1.807, 2.05) is 0 Å². The van der Waals surface area contributed by atoms with Crippen LogP contribution in [-0.2, 0) is 0 Å². The first-order chi connectivity index (χ1) is 8.46. The normalized spacial score (nSPS) is 17.3. The minimum absolute atomic E-state index is 0.382. The van der Waals surface area contributed by atoms with E-state index in [1.165, 1.54) is 32.1 Å². The lowest BCUT2D eigenvalue weighted by Gasteiger charge is -2.20. The molecule has 0 unspecified atom stereocenters. The molecule has 18 heavy (non-hydrogen) atoms. The minimum Gasteiger partial charge on any atom is -0.356 e. The van der Waals surface area contributed by atoms with Gasteiger partial charge in [0, 0.05) is 18.8 Å². The standard InChI is InChI=1S/C15H27N3/c1-12-11-18(13-7-5-6-8-13)14(17-12)16-10-9-15(2,3)4/h11,13H,5-10H2,1-4H3,(H,16,17). The highest BCUT2D eigenvalue weighted by Crippen LogP contribution is 2.32. The van der Waals surface area contributed by atoms with Gasteiger partial charge in [-0.3, -0.25) is 0 Å². The second kappa shape index (κ2) is 5.33. The summed E-state index contributed by atoms with van der Waals surface area (Å²) < 4.78 is 2.37. The van der Waals surface area contributed by atoms with Crippen LogP contribution in [0.25, 0.3) is 0 Å². The lowest BCUT2D eigenvalue weighted by molar-refractivity contribution is 0.388. The number of aromatic nitrogens is 2. The zero-order chi connectivity index (χ0) is 13.2. The van der Waals surface area contributed by atoms with Crippen molar-refractivity contribution in [1.29, 1.82) is 0 Å². The van der Waals surface area contributed by atoms with Crippen LogP contribution in [0, 0.1) is 12.3 Å². The van der Waals surface area contributed by atoms with Gasteiger partial charge in [-0.05, 0) is 31.6 Å². The summed E-state index contributed by atoms with van der Waals surface area (Å²) >= 11 is 0. The summed E-state index contributed by atoms with van der Waals surface area (Å²) in [5, 5.41) is 3.52. The maximum absolute atomic E-state index is 4.63. The topological polar surface area (TPSA) is 29.9 Å². The smallest absolute Gasteiger partial charge is 0.203 e. The van der Waals surface area contributed by atoms with Gasteiger partial charge in [-0.15, -0.1) is 0 Å². The van der Waals surface area contributed by atoms with Gasteiger partial charge in [0.05, 0.1) is 5.69 Å². The molecule has 0 aromatic carbocycles. The van der Waals surface area contributed by atoms with E-state index in [1.54, 1.807) is 0 Å². The van der Waals surface area contributed by atoms with Crippen molar-refractivity contribution in [3.63, 3.8) is 0 Å². The Morgan fingerprint density at radius 2 is 2.00 bits per heavy atom. The van der Waals surface area contributed by atoms with Crippen LogP contribution in [0.1, 0.15) is 64.6 Å². The second-order valence-corrected chi connectivity index (χ2v) is 6.79. The molecule has 2 rings (SSSR count). The molecule has 1 aliphatic carbocycles. The van der Waals surface area contributed by atoms with Gasteiger partial charge in [0.15, 0.2) is 0 Å². The molecule has 0 spiro atoms. The Kier molecular flexibility index (Phi) is 3.98. The Morgan fingerprint density at radius 1 is 1.33 bits per heavy atom. The number of aryl methyl sites for hydroxylation is 1. The van der Waals surface area contributed by atoms with Crippen LogP contribution in [0.5, 0.6) is 0 Å². The van der Waals surface area contributed by atoms with Crippen molar-refractivity contribution < 1.29 is 0 Å². The van der Waals surface area contributed by atoms with Gasteiger partial charge in [0.25, 0.3) is 0 Å². The Labute approximate surface area is 111 Å². The fourth-order valence-corrected chi connectivity index (χ4v) is 2.66. The van der Waals surface area contributed by atoms with E-state index in [0.717, 1.165) is 18.2 Å². The van der Waals surface area contributed by atoms with Crippen molar-refractivity contribution in [1.82, 2.24) is 9.55 Å². The van der Waals surface area contributed by atoms with Crippen LogP contribution in [0.3, 0.4) is 0 Å². The van der Waals surface area contributed by atoms with Crippen molar-refractivity contribution in [3.05, 3.63) is 11.9 Å². The van der Waals surface area contributed by atoms with Crippen LogP contribution in [0.2, 0.25) is 0 Å². The van der Waals surface area contributed by atoms with Gasteiger partial charge in [0.1, 0.15) is 0 Å². The number of anilines is 1. The van der Waals surface area contributed by atoms with Crippen LogP contribution < -0.4 is 5.32 Å². The highest BCUT2D eigenvalue weighted by atomic mass is 15.2. The third-order valence-electron chi connectivity index (χ3n) is 3.73. The van der Waals surface area contributed by atoms with Crippen molar-refractivity contribution >= 4 is 5.95 Å². The molecule has 1 aromatic rings. The number of imidazole rings is 1. The summed E-state index contributed by atoms with van der Waals surface area (Å²) in [6.45, 7) is 9.93. The number of hydrogen-bond acceptors (Lipinski definition) is 2. The molecular formula is C15H27N3. The third-order valence-corrected chi connectivity index (χ3v) is 3.73. The summed E-state index contributed by atoms with van der Waals surface area (Å²) in [5.41, 5.74) is 1.51. The lowest BCUT2D eigenvalue weighted by atomic mass is 9.92. The fourth-order valence-electron chi connectivity index (χ4n) is 2.66. The Hall–Kier alpha value is -0.990. The molecule has 3 heteroatoms. The predicted octanol–water partition coefficient (Wildman–Crippen LogP) is 4.15. The van der Waals surface area contributed by atoms with E-state index in [4.69, 9.17) is 0 Å². The molecule has 0 bridgehead atoms. The summed E-state index contributed by atoms with van der Waals surface area (Å²) in [5.74, 6) is 1.07. The second-order valence-electron chi connectivity index (χ2n) is 6.79. The van der Waals surface area contributed by atoms with Crippen molar-refractivity contribution in [2.45, 2.75) is 65.8 Å². The first-order valence-corrected chi connectivity index (χ1v) is 7.25. The van der Waals surface area contributed by atoms with Crippen LogP contribution >= 0.6 is 0 Å². The summed E-state index contributed by atoms with van der Waals surface area (Å²) in [6.07, 6.45) is 8.72. The lowest BCUT2D eigenvalue weighted by Crippen LogP contribution is -2.16. The maximum atomic E-state index is 4.63. The molecular weight excluding hydrogens is 222 g/mol. The summed E-state index contributed by atoms with van der Waals surface area (Å²) in [7, 11) is 0. The monoisotopic (exact) mass is 249 g/mol. The SMILES string of the molecule is Cc1cn(C2CCCC2)c(NCCC(C)(C)C)n1. The van der Waals surface area contributed by atoms with E-state index in [0.29, 0.717) is 11.5 Å². The average Bonchev–Trinajstić information content (AvgIpc) is 2.85. The molecule has 1 N–H and O–H groups in total. The molecule has 1 aliphatic rings. The highest BCUT2D eigenvalue weighted by Gasteiger charge is 2.20. The van der Waals surface area contributed by atoms with Gasteiger partial charge in [-0.2, -0.15) is 0 Å². The number of nitrogens with one attached hydrogen (secondary N) is 1. The van der Waals surface area contributed by atoms with Crippen LogP contribution in [-0.4, -0.2) is 16.1 Å². The maximum Gasteiger partial charge on any atom is 0.203 e. The van der Waals surface area contributed by atoms with Crippen molar-refractivity contribution in [3.8, 4) is 0 Å². The van der Waals surface area contributed by atoms with Crippen LogP contribution in [0.15, 0.2) is 6.20 Å².